The van der Waals surface area contributed by atoms with Gasteiger partial charge in [0.1, 0.15) is 5.75 Å². The maximum absolute atomic E-state index is 12.7. The van der Waals surface area contributed by atoms with Gasteiger partial charge in [0.05, 0.1) is 7.11 Å². The van der Waals surface area contributed by atoms with Crippen LogP contribution in [-0.2, 0) is 0 Å². The van der Waals surface area contributed by atoms with Crippen LogP contribution in [0.15, 0.2) is 30.4 Å². The Hall–Kier alpha value is -1.90. The standard InChI is InChI=1S/C16H14O3/c1-19-10-4-5-11-12(7-10)16(18)14-9-3-2-8(6-9)13(14)15(11)17/h2-5,7-9,13-14H,6H2,1H3. The Morgan fingerprint density at radius 2 is 1.63 bits per heavy atom. The van der Waals surface area contributed by atoms with E-state index in [4.69, 9.17) is 4.74 Å². The van der Waals surface area contributed by atoms with Crippen molar-refractivity contribution in [2.45, 2.75) is 6.42 Å². The minimum Gasteiger partial charge on any atom is -0.497 e. The molecule has 96 valence electrons. The first kappa shape index (κ1) is 11.0. The van der Waals surface area contributed by atoms with Crippen LogP contribution in [0.1, 0.15) is 27.1 Å². The molecule has 1 fully saturated rings. The summed E-state index contributed by atoms with van der Waals surface area (Å²) in [7, 11) is 1.57. The van der Waals surface area contributed by atoms with Gasteiger partial charge >= 0.3 is 0 Å². The highest BCUT2D eigenvalue weighted by Crippen LogP contribution is 2.52. The summed E-state index contributed by atoms with van der Waals surface area (Å²) in [5.41, 5.74) is 1.12. The van der Waals surface area contributed by atoms with E-state index in [0.29, 0.717) is 16.9 Å². The fourth-order valence-corrected chi connectivity index (χ4v) is 3.97. The van der Waals surface area contributed by atoms with Gasteiger partial charge in [-0.3, -0.25) is 9.59 Å². The number of allylic oxidation sites excluding steroid dienone is 2. The summed E-state index contributed by atoms with van der Waals surface area (Å²) in [6, 6.07) is 5.20. The summed E-state index contributed by atoms with van der Waals surface area (Å²) in [6.45, 7) is 0. The third kappa shape index (κ3) is 1.28. The molecule has 3 heteroatoms. The first-order valence-corrected chi connectivity index (χ1v) is 6.65. The Kier molecular flexibility index (Phi) is 2.06. The number of hydrogen-bond acceptors (Lipinski definition) is 3. The minimum absolute atomic E-state index is 0.121. The number of Topliss-reactive ketones (excluding diaryl/α,β-unsaturated/α-hetero) is 2. The molecule has 0 aromatic heterocycles. The summed E-state index contributed by atoms with van der Waals surface area (Å²) in [4.78, 5) is 25.3. The van der Waals surface area contributed by atoms with Gasteiger partial charge in [0.2, 0.25) is 0 Å². The molecule has 3 aliphatic carbocycles. The molecule has 0 heterocycles. The van der Waals surface area contributed by atoms with Crippen molar-refractivity contribution in [1.29, 1.82) is 0 Å². The molecule has 2 bridgehead atoms. The van der Waals surface area contributed by atoms with Crippen LogP contribution in [0, 0.1) is 23.7 Å². The molecular formula is C16H14O3. The molecule has 0 N–H and O–H groups in total. The van der Waals surface area contributed by atoms with Crippen molar-refractivity contribution in [2.75, 3.05) is 7.11 Å². The van der Waals surface area contributed by atoms with E-state index < -0.39 is 0 Å². The summed E-state index contributed by atoms with van der Waals surface area (Å²) >= 11 is 0. The van der Waals surface area contributed by atoms with Gasteiger partial charge in [-0.25, -0.2) is 0 Å². The van der Waals surface area contributed by atoms with E-state index in [1.165, 1.54) is 0 Å². The zero-order chi connectivity index (χ0) is 13.1. The van der Waals surface area contributed by atoms with E-state index >= 15 is 0 Å². The van der Waals surface area contributed by atoms with Crippen molar-refractivity contribution in [2.24, 2.45) is 23.7 Å². The Balaban J connectivity index is 1.89. The second kappa shape index (κ2) is 3.56. The molecule has 0 radical (unpaired) electrons. The predicted molar refractivity (Wildman–Crippen MR) is 69.4 cm³/mol. The van der Waals surface area contributed by atoms with Crippen LogP contribution in [0.4, 0.5) is 0 Å². The van der Waals surface area contributed by atoms with Crippen LogP contribution in [0.3, 0.4) is 0 Å². The normalized spacial score (nSPS) is 34.4. The van der Waals surface area contributed by atoms with Gasteiger partial charge in [-0.1, -0.05) is 12.2 Å². The first-order valence-electron chi connectivity index (χ1n) is 6.65. The zero-order valence-corrected chi connectivity index (χ0v) is 10.6. The second-order valence-corrected chi connectivity index (χ2v) is 5.64. The molecule has 1 aromatic carbocycles. The highest BCUT2D eigenvalue weighted by molar-refractivity contribution is 6.17. The topological polar surface area (TPSA) is 43.4 Å². The Morgan fingerprint density at radius 1 is 1.00 bits per heavy atom. The number of ketones is 2. The molecule has 4 rings (SSSR count). The van der Waals surface area contributed by atoms with Crippen LogP contribution in [-0.4, -0.2) is 18.7 Å². The van der Waals surface area contributed by atoms with Crippen molar-refractivity contribution in [3.63, 3.8) is 0 Å². The Bertz CT molecular complexity index is 629. The monoisotopic (exact) mass is 254 g/mol. The number of fused-ring (bicyclic) bond motifs is 6. The lowest BCUT2D eigenvalue weighted by molar-refractivity contribution is 0.0720. The lowest BCUT2D eigenvalue weighted by atomic mass is 9.69. The van der Waals surface area contributed by atoms with Crippen LogP contribution >= 0.6 is 0 Å². The lowest BCUT2D eigenvalue weighted by Gasteiger charge is -2.31. The molecule has 4 atom stereocenters. The molecule has 1 aromatic rings. The molecule has 4 unspecified atom stereocenters. The molecule has 19 heavy (non-hydrogen) atoms. The van der Waals surface area contributed by atoms with Gasteiger partial charge in [0, 0.05) is 23.0 Å². The molecule has 3 aliphatic rings. The molecule has 1 saturated carbocycles. The van der Waals surface area contributed by atoms with Gasteiger partial charge in [0.15, 0.2) is 11.6 Å². The van der Waals surface area contributed by atoms with Crippen LogP contribution in [0.25, 0.3) is 0 Å². The van der Waals surface area contributed by atoms with Gasteiger partial charge in [-0.05, 0) is 36.5 Å². The average Bonchev–Trinajstić information content (AvgIpc) is 3.05. The highest BCUT2D eigenvalue weighted by Gasteiger charge is 2.54. The molecule has 0 aliphatic heterocycles. The maximum atomic E-state index is 12.7. The molecule has 0 amide bonds. The van der Waals surface area contributed by atoms with E-state index in [1.54, 1.807) is 25.3 Å². The van der Waals surface area contributed by atoms with Crippen molar-refractivity contribution < 1.29 is 14.3 Å². The highest BCUT2D eigenvalue weighted by atomic mass is 16.5. The van der Waals surface area contributed by atoms with E-state index in [1.807, 2.05) is 0 Å². The average molecular weight is 254 g/mol. The van der Waals surface area contributed by atoms with Crippen molar-refractivity contribution in [3.05, 3.63) is 41.5 Å². The number of benzene rings is 1. The number of ether oxygens (including phenoxy) is 1. The van der Waals surface area contributed by atoms with Gasteiger partial charge in [-0.15, -0.1) is 0 Å². The third-order valence-electron chi connectivity index (χ3n) is 4.82. The smallest absolute Gasteiger partial charge is 0.168 e. The number of rotatable bonds is 1. The number of hydrogen-bond donors (Lipinski definition) is 0. The van der Waals surface area contributed by atoms with E-state index in [-0.39, 0.29) is 35.2 Å². The second-order valence-electron chi connectivity index (χ2n) is 5.64. The van der Waals surface area contributed by atoms with Crippen LogP contribution < -0.4 is 4.74 Å². The molecular weight excluding hydrogens is 240 g/mol. The zero-order valence-electron chi connectivity index (χ0n) is 10.6. The maximum Gasteiger partial charge on any atom is 0.168 e. The number of methoxy groups -OCH3 is 1. The van der Waals surface area contributed by atoms with E-state index in [9.17, 15) is 9.59 Å². The molecule has 0 saturated heterocycles. The largest absolute Gasteiger partial charge is 0.497 e. The van der Waals surface area contributed by atoms with Crippen molar-refractivity contribution in [1.82, 2.24) is 0 Å². The van der Waals surface area contributed by atoms with Crippen LogP contribution in [0.5, 0.6) is 5.75 Å². The fourth-order valence-electron chi connectivity index (χ4n) is 3.97. The van der Waals surface area contributed by atoms with E-state index in [2.05, 4.69) is 12.2 Å². The van der Waals surface area contributed by atoms with Crippen LogP contribution in [0.2, 0.25) is 0 Å². The first-order chi connectivity index (χ1) is 9.20. The van der Waals surface area contributed by atoms with E-state index in [0.717, 1.165) is 6.42 Å². The Morgan fingerprint density at radius 3 is 2.26 bits per heavy atom. The van der Waals surface area contributed by atoms with Gasteiger partial charge < -0.3 is 4.74 Å². The van der Waals surface area contributed by atoms with Crippen molar-refractivity contribution >= 4 is 11.6 Å². The Labute approximate surface area is 111 Å². The third-order valence-corrected chi connectivity index (χ3v) is 4.82. The number of carbonyl (C=O) groups excluding carboxylic acids is 2. The fraction of sp³-hybridized carbons (Fsp3) is 0.375. The van der Waals surface area contributed by atoms with Crippen molar-refractivity contribution in [3.8, 4) is 5.75 Å². The summed E-state index contributed by atoms with van der Waals surface area (Å²) in [5, 5.41) is 0. The summed E-state index contributed by atoms with van der Waals surface area (Å²) in [6.07, 6.45) is 5.19. The minimum atomic E-state index is -0.137. The number of carbonyl (C=O) groups is 2. The SMILES string of the molecule is COc1ccc2c(c1)C(=O)C1C3C=CC(C3)C1C2=O. The summed E-state index contributed by atoms with van der Waals surface area (Å²) in [5.74, 6) is 1.16. The molecule has 0 spiro atoms. The predicted octanol–water partition coefficient (Wildman–Crippen LogP) is 2.51. The quantitative estimate of drug-likeness (QED) is 0.723. The lowest BCUT2D eigenvalue weighted by Crippen LogP contribution is -2.38. The van der Waals surface area contributed by atoms with Gasteiger partial charge in [-0.2, -0.15) is 0 Å². The van der Waals surface area contributed by atoms with Gasteiger partial charge in [0.25, 0.3) is 0 Å². The molecule has 3 nitrogen and oxygen atoms in total. The summed E-state index contributed by atoms with van der Waals surface area (Å²) < 4.78 is 5.16.